The SMILES string of the molecule is CC(=O)Nc1cc(-c2c(CN3CCC[C@H](O)C3)sc3ccn(C)c(=O)c23)ccn1. The highest BCUT2D eigenvalue weighted by atomic mass is 32.1. The topological polar surface area (TPSA) is 87.5 Å². The second-order valence-corrected chi connectivity index (χ2v) is 8.65. The Morgan fingerprint density at radius 3 is 3.00 bits per heavy atom. The number of aromatic nitrogens is 2. The highest BCUT2D eigenvalue weighted by Gasteiger charge is 2.23. The number of nitrogens with one attached hydrogen (secondary N) is 1. The number of rotatable bonds is 4. The Morgan fingerprint density at radius 1 is 1.41 bits per heavy atom. The number of piperidine rings is 1. The number of anilines is 1. The molecule has 0 aliphatic carbocycles. The average molecular weight is 413 g/mol. The van der Waals surface area contributed by atoms with Gasteiger partial charge in [-0.1, -0.05) is 0 Å². The van der Waals surface area contributed by atoms with Crippen molar-refractivity contribution in [3.8, 4) is 11.1 Å². The van der Waals surface area contributed by atoms with Crippen molar-refractivity contribution >= 4 is 33.1 Å². The summed E-state index contributed by atoms with van der Waals surface area (Å²) in [6.45, 7) is 3.68. The molecular formula is C21H24N4O3S. The van der Waals surface area contributed by atoms with Gasteiger partial charge >= 0.3 is 0 Å². The zero-order chi connectivity index (χ0) is 20.5. The molecule has 0 unspecified atom stereocenters. The number of amides is 1. The van der Waals surface area contributed by atoms with E-state index in [0.717, 1.165) is 40.1 Å². The summed E-state index contributed by atoms with van der Waals surface area (Å²) in [6.07, 6.45) is 4.92. The largest absolute Gasteiger partial charge is 0.392 e. The number of fused-ring (bicyclic) bond motifs is 1. The normalized spacial score (nSPS) is 17.6. The fraction of sp³-hybridized carbons (Fsp3) is 0.381. The lowest BCUT2D eigenvalue weighted by molar-refractivity contribution is -0.114. The predicted molar refractivity (Wildman–Crippen MR) is 115 cm³/mol. The molecule has 1 fully saturated rings. The number of aliphatic hydroxyl groups is 1. The minimum atomic E-state index is -0.304. The van der Waals surface area contributed by atoms with Crippen molar-refractivity contribution in [1.82, 2.24) is 14.5 Å². The number of aliphatic hydroxyl groups excluding tert-OH is 1. The summed E-state index contributed by atoms with van der Waals surface area (Å²) in [7, 11) is 1.75. The third-order valence-electron chi connectivity index (χ3n) is 5.19. The monoisotopic (exact) mass is 412 g/mol. The smallest absolute Gasteiger partial charge is 0.259 e. The summed E-state index contributed by atoms with van der Waals surface area (Å²) >= 11 is 1.61. The van der Waals surface area contributed by atoms with E-state index >= 15 is 0 Å². The van der Waals surface area contributed by atoms with Gasteiger partial charge in [0.15, 0.2) is 0 Å². The van der Waals surface area contributed by atoms with Gasteiger partial charge in [-0.05, 0) is 43.1 Å². The highest BCUT2D eigenvalue weighted by Crippen LogP contribution is 2.38. The summed E-state index contributed by atoms with van der Waals surface area (Å²) in [5.41, 5.74) is 1.70. The van der Waals surface area contributed by atoms with Crippen LogP contribution in [0.3, 0.4) is 0 Å². The maximum Gasteiger partial charge on any atom is 0.259 e. The van der Waals surface area contributed by atoms with Gasteiger partial charge in [-0.15, -0.1) is 11.3 Å². The fourth-order valence-electron chi connectivity index (χ4n) is 3.88. The molecule has 0 radical (unpaired) electrons. The van der Waals surface area contributed by atoms with Crippen molar-refractivity contribution in [2.24, 2.45) is 7.05 Å². The zero-order valence-corrected chi connectivity index (χ0v) is 17.3. The van der Waals surface area contributed by atoms with Gasteiger partial charge in [0.05, 0.1) is 11.5 Å². The van der Waals surface area contributed by atoms with Crippen LogP contribution in [0.15, 0.2) is 35.4 Å². The van der Waals surface area contributed by atoms with E-state index in [0.29, 0.717) is 24.3 Å². The average Bonchev–Trinajstić information content (AvgIpc) is 3.03. The first-order valence-corrected chi connectivity index (χ1v) is 10.5. The standard InChI is InChI=1S/C21H24N4O3S/c1-13(26)23-18-10-14(5-7-22-18)19-17(12-25-8-3-4-15(27)11-25)29-16-6-9-24(2)21(28)20(16)19/h5-7,9-10,15,27H,3-4,8,11-12H2,1-2H3,(H,22,23,26)/t15-/m0/s1. The van der Waals surface area contributed by atoms with Crippen LogP contribution in [-0.4, -0.2) is 44.7 Å². The summed E-state index contributed by atoms with van der Waals surface area (Å²) in [5.74, 6) is 0.268. The molecule has 1 aliphatic heterocycles. The minimum absolute atomic E-state index is 0.0448. The lowest BCUT2D eigenvalue weighted by atomic mass is 10.0. The van der Waals surface area contributed by atoms with Crippen molar-refractivity contribution in [2.75, 3.05) is 18.4 Å². The van der Waals surface area contributed by atoms with Crippen LogP contribution in [0.5, 0.6) is 0 Å². The van der Waals surface area contributed by atoms with E-state index in [2.05, 4.69) is 15.2 Å². The Labute approximate surface area is 172 Å². The van der Waals surface area contributed by atoms with Crippen LogP contribution in [0.2, 0.25) is 0 Å². The molecule has 4 heterocycles. The first-order chi connectivity index (χ1) is 13.9. The highest BCUT2D eigenvalue weighted by molar-refractivity contribution is 7.19. The van der Waals surface area contributed by atoms with Crippen molar-refractivity contribution in [1.29, 1.82) is 0 Å². The number of carbonyl (C=O) groups is 1. The van der Waals surface area contributed by atoms with E-state index in [1.165, 1.54) is 6.92 Å². The summed E-state index contributed by atoms with van der Waals surface area (Å²) in [6, 6.07) is 5.65. The molecule has 1 aliphatic rings. The predicted octanol–water partition coefficient (Wildman–Crippen LogP) is 2.58. The number of hydrogen-bond acceptors (Lipinski definition) is 6. The maximum atomic E-state index is 13.0. The molecule has 0 aromatic carbocycles. The van der Waals surface area contributed by atoms with Gasteiger partial charge in [0.1, 0.15) is 5.82 Å². The van der Waals surface area contributed by atoms with Crippen LogP contribution in [0.25, 0.3) is 21.2 Å². The van der Waals surface area contributed by atoms with Gasteiger partial charge in [-0.2, -0.15) is 0 Å². The van der Waals surface area contributed by atoms with E-state index < -0.39 is 0 Å². The van der Waals surface area contributed by atoms with E-state index in [4.69, 9.17) is 0 Å². The Hall–Kier alpha value is -2.55. The molecule has 1 saturated heterocycles. The number of thiophene rings is 1. The first kappa shape index (κ1) is 19.8. The quantitative estimate of drug-likeness (QED) is 0.688. The van der Waals surface area contributed by atoms with Gasteiger partial charge in [0.2, 0.25) is 5.91 Å². The first-order valence-electron chi connectivity index (χ1n) is 9.68. The number of β-amino-alcohol motifs (C(OH)–C–C–N with tert-alkyl or cyclic N) is 1. The summed E-state index contributed by atoms with van der Waals surface area (Å²) in [4.78, 5) is 32.0. The Bertz CT molecular complexity index is 1120. The molecule has 8 heteroatoms. The van der Waals surface area contributed by atoms with E-state index in [1.807, 2.05) is 18.2 Å². The Balaban J connectivity index is 1.85. The Morgan fingerprint density at radius 2 is 2.24 bits per heavy atom. The van der Waals surface area contributed by atoms with Gasteiger partial charge < -0.3 is 15.0 Å². The molecule has 29 heavy (non-hydrogen) atoms. The van der Waals surface area contributed by atoms with E-state index in [-0.39, 0.29) is 17.6 Å². The van der Waals surface area contributed by atoms with Gasteiger partial charge in [-0.3, -0.25) is 14.5 Å². The van der Waals surface area contributed by atoms with Crippen LogP contribution in [-0.2, 0) is 18.4 Å². The molecule has 0 bridgehead atoms. The van der Waals surface area contributed by atoms with E-state index in [9.17, 15) is 14.7 Å². The van der Waals surface area contributed by atoms with Crippen LogP contribution >= 0.6 is 11.3 Å². The van der Waals surface area contributed by atoms with E-state index in [1.54, 1.807) is 35.3 Å². The van der Waals surface area contributed by atoms with Crippen molar-refractivity contribution in [2.45, 2.75) is 32.4 Å². The maximum absolute atomic E-state index is 13.0. The molecule has 7 nitrogen and oxygen atoms in total. The lowest BCUT2D eigenvalue weighted by Gasteiger charge is -2.29. The third kappa shape index (κ3) is 4.10. The molecule has 0 spiro atoms. The number of aryl methyl sites for hydroxylation is 1. The second kappa shape index (κ2) is 8.06. The van der Waals surface area contributed by atoms with Crippen molar-refractivity contribution in [3.05, 3.63) is 45.8 Å². The lowest BCUT2D eigenvalue weighted by Crippen LogP contribution is -2.37. The number of nitrogens with zero attached hydrogens (tertiary/aromatic N) is 3. The van der Waals surface area contributed by atoms with Crippen LogP contribution < -0.4 is 10.9 Å². The third-order valence-corrected chi connectivity index (χ3v) is 6.33. The molecule has 3 aromatic heterocycles. The molecule has 4 rings (SSSR count). The molecule has 3 aromatic rings. The number of carbonyl (C=O) groups excluding carboxylic acids is 1. The number of likely N-dealkylation sites (tertiary alicyclic amines) is 1. The molecule has 1 atom stereocenters. The van der Waals surface area contributed by atoms with Crippen molar-refractivity contribution < 1.29 is 9.90 Å². The fourth-order valence-corrected chi connectivity index (χ4v) is 5.13. The molecular weight excluding hydrogens is 388 g/mol. The van der Waals surface area contributed by atoms with Crippen LogP contribution in [0.4, 0.5) is 5.82 Å². The van der Waals surface area contributed by atoms with Crippen molar-refractivity contribution in [3.63, 3.8) is 0 Å². The summed E-state index contributed by atoms with van der Waals surface area (Å²) < 4.78 is 2.52. The zero-order valence-electron chi connectivity index (χ0n) is 16.5. The van der Waals surface area contributed by atoms with Gasteiger partial charge in [-0.25, -0.2) is 4.98 Å². The second-order valence-electron chi connectivity index (χ2n) is 7.51. The molecule has 152 valence electrons. The summed E-state index contributed by atoms with van der Waals surface area (Å²) in [5, 5.41) is 13.4. The number of hydrogen-bond donors (Lipinski definition) is 2. The molecule has 0 saturated carbocycles. The van der Waals surface area contributed by atoms with Gasteiger partial charge in [0.25, 0.3) is 5.56 Å². The van der Waals surface area contributed by atoms with Crippen LogP contribution in [0.1, 0.15) is 24.6 Å². The molecule has 1 amide bonds. The van der Waals surface area contributed by atoms with Crippen LogP contribution in [0, 0.1) is 0 Å². The Kier molecular flexibility index (Phi) is 5.49. The minimum Gasteiger partial charge on any atom is -0.392 e. The molecule has 2 N–H and O–H groups in total. The number of pyridine rings is 2. The van der Waals surface area contributed by atoms with Gasteiger partial charge in [0, 0.05) is 54.6 Å².